The molecule has 23 heavy (non-hydrogen) atoms. The molecule has 1 saturated carbocycles. The fourth-order valence-corrected chi connectivity index (χ4v) is 5.54. The number of hydrogen-bond acceptors (Lipinski definition) is 4. The number of H-pyrrole nitrogens is 1. The van der Waals surface area contributed by atoms with Crippen LogP contribution in [0.4, 0.5) is 0 Å². The van der Waals surface area contributed by atoms with Crippen LogP contribution in [0.5, 0.6) is 0 Å². The minimum atomic E-state index is -3.30. The highest BCUT2D eigenvalue weighted by Crippen LogP contribution is 2.28. The molecule has 1 aromatic heterocycles. The van der Waals surface area contributed by atoms with Gasteiger partial charge in [-0.3, -0.25) is 9.89 Å². The van der Waals surface area contributed by atoms with Gasteiger partial charge in [-0.25, -0.2) is 8.42 Å². The summed E-state index contributed by atoms with van der Waals surface area (Å²) in [7, 11) is -3.30. The minimum Gasteiger partial charge on any atom is -0.341 e. The Kier molecular flexibility index (Phi) is 4.75. The zero-order valence-electron chi connectivity index (χ0n) is 13.6. The summed E-state index contributed by atoms with van der Waals surface area (Å²) in [5, 5.41) is 6.92. The molecule has 1 aliphatic carbocycles. The molecule has 2 aliphatic rings. The van der Waals surface area contributed by atoms with Gasteiger partial charge in [0.1, 0.15) is 5.75 Å². The van der Waals surface area contributed by atoms with E-state index in [1.165, 1.54) is 0 Å². The summed E-state index contributed by atoms with van der Waals surface area (Å²) in [5.41, 5.74) is 1.98. The Morgan fingerprint density at radius 3 is 2.70 bits per heavy atom. The number of nitrogens with one attached hydrogen (secondary N) is 1. The van der Waals surface area contributed by atoms with E-state index in [4.69, 9.17) is 0 Å². The number of carbonyl (C=O) groups is 1. The number of aryl methyl sites for hydroxylation is 1. The highest BCUT2D eigenvalue weighted by atomic mass is 32.2. The molecule has 1 N–H and O–H groups in total. The van der Waals surface area contributed by atoms with Gasteiger partial charge < -0.3 is 4.90 Å². The zero-order chi connectivity index (χ0) is 16.4. The molecule has 128 valence electrons. The van der Waals surface area contributed by atoms with Gasteiger partial charge in [-0.15, -0.1) is 0 Å². The summed E-state index contributed by atoms with van der Waals surface area (Å²) < 4.78 is 24.8. The topological polar surface area (TPSA) is 83.1 Å². The van der Waals surface area contributed by atoms with Gasteiger partial charge in [0.2, 0.25) is 5.91 Å². The number of carbonyl (C=O) groups excluding carboxylic acids is 1. The van der Waals surface area contributed by atoms with Gasteiger partial charge in [-0.1, -0.05) is 12.8 Å². The predicted octanol–water partition coefficient (Wildman–Crippen LogP) is 1.78. The smallest absolute Gasteiger partial charge is 0.237 e. The van der Waals surface area contributed by atoms with Gasteiger partial charge in [0.05, 0.1) is 10.9 Å². The van der Waals surface area contributed by atoms with Crippen molar-refractivity contribution >= 4 is 15.7 Å². The van der Waals surface area contributed by atoms with Gasteiger partial charge >= 0.3 is 0 Å². The number of nitrogens with zero attached hydrogens (tertiary/aromatic N) is 2. The maximum absolute atomic E-state index is 12.5. The fraction of sp³-hybridized carbons (Fsp3) is 0.750. The molecule has 1 amide bonds. The lowest BCUT2D eigenvalue weighted by Crippen LogP contribution is -2.43. The number of piperidine rings is 1. The molecule has 6 nitrogen and oxygen atoms in total. The number of sulfone groups is 1. The SMILES string of the molecule is Cc1cc(C2CCCN(C(=O)CS(=O)(=O)C3CCCC3)C2)n[nH]1. The molecular formula is C16H25N3O3S. The molecule has 0 bridgehead atoms. The van der Waals surface area contributed by atoms with Crippen molar-refractivity contribution in [1.82, 2.24) is 15.1 Å². The lowest BCUT2D eigenvalue weighted by molar-refractivity contribution is -0.129. The maximum atomic E-state index is 12.5. The monoisotopic (exact) mass is 339 g/mol. The largest absolute Gasteiger partial charge is 0.341 e. The second kappa shape index (κ2) is 6.63. The molecule has 0 aromatic carbocycles. The number of hydrogen-bond donors (Lipinski definition) is 1. The summed E-state index contributed by atoms with van der Waals surface area (Å²) in [6, 6.07) is 2.01. The molecule has 2 fully saturated rings. The predicted molar refractivity (Wildman–Crippen MR) is 87.9 cm³/mol. The Balaban J connectivity index is 1.63. The van der Waals surface area contributed by atoms with Crippen LogP contribution in [0.15, 0.2) is 6.07 Å². The molecule has 1 aliphatic heterocycles. The molecule has 3 rings (SSSR count). The summed E-state index contributed by atoms with van der Waals surface area (Å²) in [6.45, 7) is 3.18. The first-order chi connectivity index (χ1) is 11.0. The third-order valence-electron chi connectivity index (χ3n) is 5.05. The quantitative estimate of drug-likeness (QED) is 0.906. The van der Waals surface area contributed by atoms with E-state index in [0.29, 0.717) is 25.9 Å². The average Bonchev–Trinajstić information content (AvgIpc) is 3.18. The average molecular weight is 339 g/mol. The molecule has 0 radical (unpaired) electrons. The summed E-state index contributed by atoms with van der Waals surface area (Å²) in [4.78, 5) is 14.2. The highest BCUT2D eigenvalue weighted by molar-refractivity contribution is 7.92. The van der Waals surface area contributed by atoms with Crippen LogP contribution in [0.2, 0.25) is 0 Å². The van der Waals surface area contributed by atoms with Crippen LogP contribution in [0.1, 0.15) is 55.8 Å². The Bertz CT molecular complexity index is 662. The second-order valence-corrected chi connectivity index (χ2v) is 9.15. The van der Waals surface area contributed by atoms with Crippen molar-refractivity contribution < 1.29 is 13.2 Å². The second-order valence-electron chi connectivity index (χ2n) is 6.87. The van der Waals surface area contributed by atoms with E-state index in [0.717, 1.165) is 37.1 Å². The maximum Gasteiger partial charge on any atom is 0.237 e. The highest BCUT2D eigenvalue weighted by Gasteiger charge is 2.33. The van der Waals surface area contributed by atoms with Crippen molar-refractivity contribution in [1.29, 1.82) is 0 Å². The third-order valence-corrected chi connectivity index (χ3v) is 7.19. The van der Waals surface area contributed by atoms with Gasteiger partial charge in [-0.05, 0) is 38.7 Å². The summed E-state index contributed by atoms with van der Waals surface area (Å²) >= 11 is 0. The molecular weight excluding hydrogens is 314 g/mol. The van der Waals surface area contributed by atoms with Crippen LogP contribution < -0.4 is 0 Å². The summed E-state index contributed by atoms with van der Waals surface area (Å²) in [5.74, 6) is -0.370. The van der Waals surface area contributed by atoms with E-state index in [2.05, 4.69) is 10.2 Å². The molecule has 2 heterocycles. The standard InChI is InChI=1S/C16H25N3O3S/c1-12-9-15(18-17-12)13-5-4-8-19(10-13)16(20)11-23(21,22)14-6-2-3-7-14/h9,13-14H,2-8,10-11H2,1H3,(H,17,18). The number of rotatable bonds is 4. The number of amides is 1. The van der Waals surface area contributed by atoms with Crippen molar-refractivity contribution in [2.45, 2.75) is 56.6 Å². The van der Waals surface area contributed by atoms with Crippen LogP contribution >= 0.6 is 0 Å². The Morgan fingerprint density at radius 1 is 1.30 bits per heavy atom. The van der Waals surface area contributed by atoms with E-state index < -0.39 is 9.84 Å². The van der Waals surface area contributed by atoms with Crippen molar-refractivity contribution in [2.75, 3.05) is 18.8 Å². The van der Waals surface area contributed by atoms with Crippen LogP contribution in [0, 0.1) is 6.92 Å². The van der Waals surface area contributed by atoms with E-state index in [9.17, 15) is 13.2 Å². The zero-order valence-corrected chi connectivity index (χ0v) is 14.4. The van der Waals surface area contributed by atoms with Crippen molar-refractivity contribution in [3.63, 3.8) is 0 Å². The van der Waals surface area contributed by atoms with Crippen molar-refractivity contribution in [3.05, 3.63) is 17.5 Å². The van der Waals surface area contributed by atoms with Crippen molar-refractivity contribution in [3.8, 4) is 0 Å². The molecule has 7 heteroatoms. The Hall–Kier alpha value is -1.37. The van der Waals surface area contributed by atoms with E-state index >= 15 is 0 Å². The van der Waals surface area contributed by atoms with Gasteiger partial charge in [-0.2, -0.15) is 5.10 Å². The molecule has 1 unspecified atom stereocenters. The first-order valence-electron chi connectivity index (χ1n) is 8.47. The normalized spacial score (nSPS) is 23.3. The fourth-order valence-electron chi connectivity index (χ4n) is 3.72. The van der Waals surface area contributed by atoms with Crippen LogP contribution in [-0.2, 0) is 14.6 Å². The number of aromatic amines is 1. The van der Waals surface area contributed by atoms with Gasteiger partial charge in [0, 0.05) is 24.7 Å². The first-order valence-corrected chi connectivity index (χ1v) is 10.2. The lowest BCUT2D eigenvalue weighted by atomic mass is 9.94. The van der Waals surface area contributed by atoms with Gasteiger partial charge in [0.25, 0.3) is 0 Å². The van der Waals surface area contributed by atoms with E-state index in [1.54, 1.807) is 4.90 Å². The Labute approximate surface area is 137 Å². The van der Waals surface area contributed by atoms with E-state index in [1.807, 2.05) is 13.0 Å². The minimum absolute atomic E-state index is 0.201. The summed E-state index contributed by atoms with van der Waals surface area (Å²) in [6.07, 6.45) is 5.23. The molecule has 1 saturated heterocycles. The Morgan fingerprint density at radius 2 is 2.04 bits per heavy atom. The molecule has 1 aromatic rings. The number of likely N-dealkylation sites (tertiary alicyclic amines) is 1. The van der Waals surface area contributed by atoms with Crippen LogP contribution in [0.3, 0.4) is 0 Å². The number of aromatic nitrogens is 2. The molecule has 0 spiro atoms. The van der Waals surface area contributed by atoms with E-state index in [-0.39, 0.29) is 22.8 Å². The molecule has 1 atom stereocenters. The lowest BCUT2D eigenvalue weighted by Gasteiger charge is -2.32. The van der Waals surface area contributed by atoms with Crippen molar-refractivity contribution in [2.24, 2.45) is 0 Å². The van der Waals surface area contributed by atoms with Crippen LogP contribution in [0.25, 0.3) is 0 Å². The third kappa shape index (κ3) is 3.76. The van der Waals surface area contributed by atoms with Gasteiger partial charge in [0.15, 0.2) is 9.84 Å². The van der Waals surface area contributed by atoms with Crippen LogP contribution in [-0.4, -0.2) is 53.5 Å². The first kappa shape index (κ1) is 16.5.